The lowest BCUT2D eigenvalue weighted by atomic mass is 9.94. The topological polar surface area (TPSA) is 43.1 Å². The van der Waals surface area contributed by atoms with E-state index in [2.05, 4.69) is 70.0 Å². The summed E-state index contributed by atoms with van der Waals surface area (Å²) in [7, 11) is 0. The zero-order chi connectivity index (χ0) is 22.7. The van der Waals surface area contributed by atoms with Crippen LogP contribution in [0.25, 0.3) is 60.7 Å². The van der Waals surface area contributed by atoms with E-state index in [1.807, 2.05) is 24.7 Å². The predicted molar refractivity (Wildman–Crippen MR) is 140 cm³/mol. The first-order valence-corrected chi connectivity index (χ1v) is 12.0. The number of hydrogen-bond donors (Lipinski definition) is 0. The molecule has 4 nitrogen and oxygen atoms in total. The average molecular weight is 447 g/mol. The minimum absolute atomic E-state index is 0.906. The molecule has 0 radical (unpaired) electrons. The number of pyridine rings is 3. The Morgan fingerprint density at radius 2 is 1.60 bits per heavy atom. The number of benzene rings is 3. The van der Waals surface area contributed by atoms with Gasteiger partial charge in [-0.1, -0.05) is 48.5 Å². The summed E-state index contributed by atoms with van der Waals surface area (Å²) < 4.78 is 2.27. The van der Waals surface area contributed by atoms with E-state index in [1.54, 1.807) is 0 Å². The Balaban J connectivity index is 1.48. The molecular weight excluding hydrogens is 428 g/mol. The van der Waals surface area contributed by atoms with E-state index in [-0.39, 0.29) is 0 Å². The van der Waals surface area contributed by atoms with Gasteiger partial charge in [0.1, 0.15) is 11.2 Å². The van der Waals surface area contributed by atoms with Crippen LogP contribution in [-0.4, -0.2) is 19.4 Å². The third kappa shape index (κ3) is 2.11. The van der Waals surface area contributed by atoms with Crippen molar-refractivity contribution in [2.75, 3.05) is 0 Å². The van der Waals surface area contributed by atoms with Crippen LogP contribution in [0.5, 0.6) is 0 Å². The fourth-order valence-corrected chi connectivity index (χ4v) is 6.57. The standard InChI is InChI=1S/C31H18N4/c1-2-5-20-17(4-1)14-18-7-9-21-23(27(18)20)15-19-8-10-22-29(28(19)21)31-34-24-16-32-13-11-25(24)35(31)26-6-3-12-33-30(22)26/h1-13,16H,14-15H2. The zero-order valence-electron chi connectivity index (χ0n) is 18.8. The van der Waals surface area contributed by atoms with E-state index in [0.717, 1.165) is 45.9 Å². The third-order valence-electron chi connectivity index (χ3n) is 7.96. The summed E-state index contributed by atoms with van der Waals surface area (Å²) in [6.45, 7) is 0. The van der Waals surface area contributed by atoms with Gasteiger partial charge in [-0.15, -0.1) is 0 Å². The van der Waals surface area contributed by atoms with E-state index in [1.165, 1.54) is 49.9 Å². The summed E-state index contributed by atoms with van der Waals surface area (Å²) in [5.74, 6) is 0. The van der Waals surface area contributed by atoms with Gasteiger partial charge in [0, 0.05) is 23.2 Å². The molecule has 35 heavy (non-hydrogen) atoms. The van der Waals surface area contributed by atoms with Crippen LogP contribution in [0.1, 0.15) is 22.3 Å². The first kappa shape index (κ1) is 17.8. The highest BCUT2D eigenvalue weighted by molar-refractivity contribution is 6.19. The fourth-order valence-electron chi connectivity index (χ4n) is 6.57. The van der Waals surface area contributed by atoms with E-state index in [0.29, 0.717) is 0 Å². The molecule has 0 saturated heterocycles. The molecule has 4 heterocycles. The Labute approximate surface area is 200 Å². The number of nitrogens with zero attached hydrogens (tertiary/aromatic N) is 4. The maximum absolute atomic E-state index is 5.13. The maximum Gasteiger partial charge on any atom is 0.147 e. The van der Waals surface area contributed by atoms with Crippen LogP contribution in [0.4, 0.5) is 0 Å². The summed E-state index contributed by atoms with van der Waals surface area (Å²) in [5.41, 5.74) is 16.2. The molecule has 4 aromatic heterocycles. The van der Waals surface area contributed by atoms with Gasteiger partial charge in [-0.05, 0) is 75.5 Å². The summed E-state index contributed by atoms with van der Waals surface area (Å²) in [6, 6.07) is 24.3. The summed E-state index contributed by atoms with van der Waals surface area (Å²) in [6.07, 6.45) is 7.56. The van der Waals surface area contributed by atoms with E-state index in [9.17, 15) is 0 Å². The lowest BCUT2D eigenvalue weighted by Gasteiger charge is -2.13. The Bertz CT molecular complexity index is 2070. The zero-order valence-corrected chi connectivity index (χ0v) is 18.8. The average Bonchev–Trinajstić information content (AvgIpc) is 3.59. The molecule has 0 spiro atoms. The second kappa shape index (κ2) is 6.10. The summed E-state index contributed by atoms with van der Waals surface area (Å²) >= 11 is 0. The minimum atomic E-state index is 0.906. The molecule has 3 aromatic carbocycles. The number of rotatable bonds is 0. The highest BCUT2D eigenvalue weighted by Gasteiger charge is 2.30. The first-order valence-electron chi connectivity index (χ1n) is 12.0. The fraction of sp³-hybridized carbons (Fsp3) is 0.0645. The molecule has 0 saturated carbocycles. The molecule has 0 aliphatic heterocycles. The van der Waals surface area contributed by atoms with E-state index >= 15 is 0 Å². The van der Waals surface area contributed by atoms with Crippen LogP contribution in [0.3, 0.4) is 0 Å². The van der Waals surface area contributed by atoms with Crippen LogP contribution in [0.2, 0.25) is 0 Å². The molecule has 9 rings (SSSR count). The van der Waals surface area contributed by atoms with Crippen LogP contribution in [0.15, 0.2) is 85.3 Å². The first-order chi connectivity index (χ1) is 17.4. The van der Waals surface area contributed by atoms with Crippen molar-refractivity contribution in [1.82, 2.24) is 19.4 Å². The minimum Gasteiger partial charge on any atom is -0.290 e. The molecule has 0 atom stereocenters. The van der Waals surface area contributed by atoms with Crippen molar-refractivity contribution in [3.05, 3.63) is 108 Å². The molecule has 0 unspecified atom stereocenters. The molecule has 162 valence electrons. The largest absolute Gasteiger partial charge is 0.290 e. The van der Waals surface area contributed by atoms with Crippen LogP contribution in [-0.2, 0) is 12.8 Å². The summed E-state index contributed by atoms with van der Waals surface area (Å²) in [5, 5.41) is 2.35. The van der Waals surface area contributed by atoms with Crippen LogP contribution >= 0.6 is 0 Å². The van der Waals surface area contributed by atoms with Gasteiger partial charge in [0.15, 0.2) is 0 Å². The predicted octanol–water partition coefficient (Wildman–Crippen LogP) is 6.73. The molecule has 0 bridgehead atoms. The Morgan fingerprint density at radius 1 is 0.686 bits per heavy atom. The van der Waals surface area contributed by atoms with Gasteiger partial charge < -0.3 is 0 Å². The monoisotopic (exact) mass is 446 g/mol. The van der Waals surface area contributed by atoms with Gasteiger partial charge in [0.05, 0.1) is 22.7 Å². The van der Waals surface area contributed by atoms with Gasteiger partial charge in [0.2, 0.25) is 0 Å². The molecule has 2 aliphatic carbocycles. The van der Waals surface area contributed by atoms with Crippen LogP contribution < -0.4 is 0 Å². The second-order valence-corrected chi connectivity index (χ2v) is 9.67. The van der Waals surface area contributed by atoms with Crippen molar-refractivity contribution < 1.29 is 0 Å². The molecular formula is C31H18N4. The van der Waals surface area contributed by atoms with Crippen molar-refractivity contribution in [2.24, 2.45) is 0 Å². The second-order valence-electron chi connectivity index (χ2n) is 9.67. The van der Waals surface area contributed by atoms with Crippen molar-refractivity contribution >= 4 is 38.5 Å². The molecule has 4 heteroatoms. The Kier molecular flexibility index (Phi) is 3.11. The SMILES string of the molecule is c1ccc2c(c1)Cc1ccc3c(c1-2)Cc1ccc2c4ncccc4n4c5ccncc5nc4c2c1-3. The lowest BCUT2D eigenvalue weighted by Crippen LogP contribution is -1.95. The van der Waals surface area contributed by atoms with Crippen molar-refractivity contribution in [1.29, 1.82) is 0 Å². The molecule has 0 N–H and O–H groups in total. The van der Waals surface area contributed by atoms with Gasteiger partial charge in [-0.2, -0.15) is 0 Å². The smallest absolute Gasteiger partial charge is 0.147 e. The summed E-state index contributed by atoms with van der Waals surface area (Å²) in [4.78, 5) is 14.3. The van der Waals surface area contributed by atoms with Crippen molar-refractivity contribution in [3.63, 3.8) is 0 Å². The van der Waals surface area contributed by atoms with Crippen LogP contribution in [0, 0.1) is 0 Å². The molecule has 0 amide bonds. The van der Waals surface area contributed by atoms with Gasteiger partial charge in [-0.25, -0.2) is 4.98 Å². The third-order valence-corrected chi connectivity index (χ3v) is 7.96. The van der Waals surface area contributed by atoms with Gasteiger partial charge >= 0.3 is 0 Å². The maximum atomic E-state index is 5.13. The number of imidazole rings is 1. The van der Waals surface area contributed by atoms with E-state index < -0.39 is 0 Å². The molecule has 0 fully saturated rings. The number of fused-ring (bicyclic) bond motifs is 16. The Hall–Kier alpha value is -4.57. The number of hydrogen-bond acceptors (Lipinski definition) is 3. The molecule has 7 aromatic rings. The normalized spacial score (nSPS) is 13.5. The lowest BCUT2D eigenvalue weighted by molar-refractivity contribution is 1.23. The van der Waals surface area contributed by atoms with Crippen molar-refractivity contribution in [2.45, 2.75) is 12.8 Å². The van der Waals surface area contributed by atoms with Gasteiger partial charge in [0.25, 0.3) is 0 Å². The highest BCUT2D eigenvalue weighted by atomic mass is 15.0. The van der Waals surface area contributed by atoms with Gasteiger partial charge in [-0.3, -0.25) is 14.4 Å². The Morgan fingerprint density at radius 3 is 2.60 bits per heavy atom. The highest BCUT2D eigenvalue weighted by Crippen LogP contribution is 2.50. The molecule has 2 aliphatic rings. The van der Waals surface area contributed by atoms with E-state index in [4.69, 9.17) is 9.97 Å². The van der Waals surface area contributed by atoms with Crippen molar-refractivity contribution in [3.8, 4) is 22.3 Å². The number of aromatic nitrogens is 4. The quantitative estimate of drug-likeness (QED) is 0.243.